The van der Waals surface area contributed by atoms with Crippen LogP contribution in [0.2, 0.25) is 0 Å². The van der Waals surface area contributed by atoms with Gasteiger partial charge in [-0.05, 0) is 29.3 Å². The van der Waals surface area contributed by atoms with Gasteiger partial charge in [-0.2, -0.15) is 0 Å². The highest BCUT2D eigenvalue weighted by molar-refractivity contribution is 7.89. The Kier molecular flexibility index (Phi) is 4.03. The van der Waals surface area contributed by atoms with Gasteiger partial charge in [-0.15, -0.1) is 0 Å². The van der Waals surface area contributed by atoms with Gasteiger partial charge in [0.2, 0.25) is 10.0 Å². The molecule has 20 heavy (non-hydrogen) atoms. The molecule has 0 aliphatic carbocycles. The molecule has 0 saturated heterocycles. The number of hydrogen-bond acceptors (Lipinski definition) is 4. The van der Waals surface area contributed by atoms with Crippen LogP contribution in [0, 0.1) is 0 Å². The summed E-state index contributed by atoms with van der Waals surface area (Å²) in [7, 11) is -3.71. The molecule has 0 aliphatic heterocycles. The van der Waals surface area contributed by atoms with Crippen LogP contribution in [0.1, 0.15) is 0 Å². The van der Waals surface area contributed by atoms with E-state index in [1.807, 2.05) is 0 Å². The lowest BCUT2D eigenvalue weighted by Gasteiger charge is -2.07. The van der Waals surface area contributed by atoms with Gasteiger partial charge in [0.15, 0.2) is 0 Å². The molecule has 1 aromatic carbocycles. The van der Waals surface area contributed by atoms with Crippen molar-refractivity contribution in [1.82, 2.24) is 4.57 Å². The summed E-state index contributed by atoms with van der Waals surface area (Å²) in [4.78, 5) is 11.6. The summed E-state index contributed by atoms with van der Waals surface area (Å²) in [6, 6.07) is 9.09. The van der Waals surface area contributed by atoms with E-state index in [4.69, 9.17) is 10.2 Å². The van der Waals surface area contributed by atoms with Crippen molar-refractivity contribution in [3.8, 4) is 11.1 Å². The van der Waals surface area contributed by atoms with Crippen LogP contribution >= 0.6 is 0 Å². The number of aliphatic hydroxyl groups excluding tert-OH is 1. The van der Waals surface area contributed by atoms with Crippen molar-refractivity contribution in [1.29, 1.82) is 0 Å². The topological polar surface area (TPSA) is 102 Å². The van der Waals surface area contributed by atoms with Crippen molar-refractivity contribution in [2.24, 2.45) is 5.14 Å². The van der Waals surface area contributed by atoms with E-state index in [0.717, 1.165) is 11.1 Å². The van der Waals surface area contributed by atoms with E-state index in [2.05, 4.69) is 0 Å². The molecule has 2 aromatic rings. The molecule has 0 fully saturated rings. The molecule has 3 N–H and O–H groups in total. The predicted molar refractivity (Wildman–Crippen MR) is 74.6 cm³/mol. The first-order chi connectivity index (χ1) is 9.41. The standard InChI is InChI=1S/C13H14N2O4S/c14-20(18,19)12-4-1-10(2-5-12)11-3-6-13(17)15(9-11)7-8-16/h1-6,9,16H,7-8H2,(H2,14,18,19). The summed E-state index contributed by atoms with van der Waals surface area (Å²) in [5.74, 6) is 0. The second-order valence-corrected chi connectivity index (χ2v) is 5.80. The molecule has 0 spiro atoms. The van der Waals surface area contributed by atoms with Crippen LogP contribution in [0.15, 0.2) is 52.3 Å². The van der Waals surface area contributed by atoms with Gasteiger partial charge in [0, 0.05) is 18.8 Å². The van der Waals surface area contributed by atoms with Crippen LogP contribution in [-0.2, 0) is 16.6 Å². The number of pyridine rings is 1. The molecule has 0 radical (unpaired) electrons. The highest BCUT2D eigenvalue weighted by Gasteiger charge is 2.08. The molecule has 0 aliphatic rings. The van der Waals surface area contributed by atoms with Gasteiger partial charge in [0.1, 0.15) is 0 Å². The smallest absolute Gasteiger partial charge is 0.250 e. The first-order valence-corrected chi connectivity index (χ1v) is 7.41. The summed E-state index contributed by atoms with van der Waals surface area (Å²) >= 11 is 0. The number of rotatable bonds is 4. The lowest BCUT2D eigenvalue weighted by Crippen LogP contribution is -2.20. The number of nitrogens with zero attached hydrogens (tertiary/aromatic N) is 1. The maximum Gasteiger partial charge on any atom is 0.250 e. The van der Waals surface area contributed by atoms with Gasteiger partial charge >= 0.3 is 0 Å². The zero-order chi connectivity index (χ0) is 14.8. The molecule has 0 atom stereocenters. The first kappa shape index (κ1) is 14.4. The molecule has 7 heteroatoms. The Morgan fingerprint density at radius 1 is 1.05 bits per heavy atom. The Balaban J connectivity index is 2.42. The fraction of sp³-hybridized carbons (Fsp3) is 0.154. The van der Waals surface area contributed by atoms with Crippen LogP contribution in [0.4, 0.5) is 0 Å². The fourth-order valence-corrected chi connectivity index (χ4v) is 2.34. The number of nitrogens with two attached hydrogens (primary N) is 1. The molecular weight excluding hydrogens is 280 g/mol. The normalized spacial score (nSPS) is 11.5. The van der Waals surface area contributed by atoms with Gasteiger partial charge in [0.25, 0.3) is 5.56 Å². The van der Waals surface area contributed by atoms with Crippen molar-refractivity contribution >= 4 is 10.0 Å². The van der Waals surface area contributed by atoms with Crippen LogP contribution < -0.4 is 10.7 Å². The van der Waals surface area contributed by atoms with E-state index in [-0.39, 0.29) is 23.6 Å². The molecule has 0 saturated carbocycles. The number of aromatic nitrogens is 1. The summed E-state index contributed by atoms with van der Waals surface area (Å²) in [5.41, 5.74) is 1.30. The quantitative estimate of drug-likeness (QED) is 0.838. The third kappa shape index (κ3) is 3.13. The minimum Gasteiger partial charge on any atom is -0.395 e. The van der Waals surface area contributed by atoms with Crippen molar-refractivity contribution < 1.29 is 13.5 Å². The van der Waals surface area contributed by atoms with Crippen LogP contribution in [0.25, 0.3) is 11.1 Å². The Morgan fingerprint density at radius 3 is 2.20 bits per heavy atom. The average molecular weight is 294 g/mol. The van der Waals surface area contributed by atoms with Crippen LogP contribution in [0.3, 0.4) is 0 Å². The number of aliphatic hydroxyl groups is 1. The molecule has 0 unspecified atom stereocenters. The zero-order valence-electron chi connectivity index (χ0n) is 10.6. The molecule has 0 bridgehead atoms. The summed E-state index contributed by atoms with van der Waals surface area (Å²) in [6.07, 6.45) is 1.62. The number of benzene rings is 1. The van der Waals surface area contributed by atoms with E-state index in [9.17, 15) is 13.2 Å². The third-order valence-corrected chi connectivity index (χ3v) is 3.77. The maximum atomic E-state index is 11.5. The highest BCUT2D eigenvalue weighted by atomic mass is 32.2. The van der Waals surface area contributed by atoms with E-state index >= 15 is 0 Å². The number of primary sulfonamides is 1. The largest absolute Gasteiger partial charge is 0.395 e. The molecule has 1 aromatic heterocycles. The maximum absolute atomic E-state index is 11.5. The zero-order valence-corrected chi connectivity index (χ0v) is 11.4. The lowest BCUT2D eigenvalue weighted by atomic mass is 10.1. The third-order valence-electron chi connectivity index (χ3n) is 2.84. The van der Waals surface area contributed by atoms with Gasteiger partial charge in [-0.25, -0.2) is 13.6 Å². The monoisotopic (exact) mass is 294 g/mol. The van der Waals surface area contributed by atoms with E-state index in [1.165, 1.54) is 22.8 Å². The molecular formula is C13H14N2O4S. The van der Waals surface area contributed by atoms with Crippen molar-refractivity contribution in [2.75, 3.05) is 6.61 Å². The second-order valence-electron chi connectivity index (χ2n) is 4.24. The SMILES string of the molecule is NS(=O)(=O)c1ccc(-c2ccc(=O)n(CCO)c2)cc1. The number of sulfonamides is 1. The van der Waals surface area contributed by atoms with E-state index in [1.54, 1.807) is 24.4 Å². The summed E-state index contributed by atoms with van der Waals surface area (Å²) in [5, 5.41) is 13.9. The van der Waals surface area contributed by atoms with Gasteiger partial charge < -0.3 is 9.67 Å². The molecule has 0 amide bonds. The Hall–Kier alpha value is -1.96. The fourth-order valence-electron chi connectivity index (χ4n) is 1.82. The minimum atomic E-state index is -3.71. The van der Waals surface area contributed by atoms with Gasteiger partial charge in [0.05, 0.1) is 11.5 Å². The lowest BCUT2D eigenvalue weighted by molar-refractivity contribution is 0.274. The number of hydrogen-bond donors (Lipinski definition) is 2. The van der Waals surface area contributed by atoms with Gasteiger partial charge in [-0.3, -0.25) is 4.79 Å². The highest BCUT2D eigenvalue weighted by Crippen LogP contribution is 2.19. The predicted octanol–water partition coefficient (Wildman–Crippen LogP) is 0.155. The van der Waals surface area contributed by atoms with Crippen LogP contribution in [0.5, 0.6) is 0 Å². The molecule has 1 heterocycles. The van der Waals surface area contributed by atoms with Crippen LogP contribution in [-0.4, -0.2) is 24.7 Å². The molecule has 106 valence electrons. The Morgan fingerprint density at radius 2 is 1.65 bits per heavy atom. The second kappa shape index (κ2) is 5.58. The van der Waals surface area contributed by atoms with E-state index in [0.29, 0.717) is 0 Å². The minimum absolute atomic E-state index is 0.0323. The molecule has 6 nitrogen and oxygen atoms in total. The van der Waals surface area contributed by atoms with Gasteiger partial charge in [-0.1, -0.05) is 12.1 Å². The van der Waals surface area contributed by atoms with Crippen molar-refractivity contribution in [3.05, 3.63) is 52.9 Å². The van der Waals surface area contributed by atoms with Crippen molar-refractivity contribution in [2.45, 2.75) is 11.4 Å². The summed E-state index contributed by atoms with van der Waals surface area (Å²) < 4.78 is 23.7. The van der Waals surface area contributed by atoms with Crippen molar-refractivity contribution in [3.63, 3.8) is 0 Å². The Labute approximate surface area is 116 Å². The first-order valence-electron chi connectivity index (χ1n) is 5.86. The summed E-state index contributed by atoms with van der Waals surface area (Å²) in [6.45, 7) is 0.0790. The molecule has 2 rings (SSSR count). The van der Waals surface area contributed by atoms with E-state index < -0.39 is 10.0 Å². The average Bonchev–Trinajstić information content (AvgIpc) is 2.41. The Bertz CT molecular complexity index is 764.